The molecule has 1 aliphatic rings. The Bertz CT molecular complexity index is 480. The average molecular weight is 431 g/mol. The average Bonchev–Trinajstić information content (AvgIpc) is 2.83. The number of aromatic nitrogens is 1. The first kappa shape index (κ1) is 20.0. The molecule has 1 aliphatic heterocycles. The van der Waals surface area contributed by atoms with E-state index >= 15 is 0 Å². The van der Waals surface area contributed by atoms with Crippen molar-refractivity contribution in [3.63, 3.8) is 0 Å². The van der Waals surface area contributed by atoms with Gasteiger partial charge in [-0.2, -0.15) is 0 Å². The fourth-order valence-corrected chi connectivity index (χ4v) is 2.85. The summed E-state index contributed by atoms with van der Waals surface area (Å²) in [7, 11) is 0. The molecule has 0 spiro atoms. The molecular weight excluding hydrogens is 401 g/mol. The van der Waals surface area contributed by atoms with E-state index in [1.54, 1.807) is 0 Å². The highest BCUT2D eigenvalue weighted by Gasteiger charge is 2.11. The van der Waals surface area contributed by atoms with Crippen LogP contribution in [-0.4, -0.2) is 42.0 Å². The summed E-state index contributed by atoms with van der Waals surface area (Å²) in [4.78, 5) is 13.5. The van der Waals surface area contributed by atoms with Gasteiger partial charge in [-0.25, -0.2) is 9.98 Å². The van der Waals surface area contributed by atoms with E-state index in [2.05, 4.69) is 39.7 Å². The molecular formula is C17H30IN5. The molecule has 0 bridgehead atoms. The Morgan fingerprint density at radius 3 is 2.48 bits per heavy atom. The van der Waals surface area contributed by atoms with E-state index in [0.29, 0.717) is 12.5 Å². The summed E-state index contributed by atoms with van der Waals surface area (Å²) in [6, 6.07) is 4.19. The van der Waals surface area contributed by atoms with Gasteiger partial charge in [-0.1, -0.05) is 12.8 Å². The van der Waals surface area contributed by atoms with Gasteiger partial charge in [0.05, 0.1) is 6.54 Å². The van der Waals surface area contributed by atoms with Crippen LogP contribution in [0.2, 0.25) is 0 Å². The molecule has 23 heavy (non-hydrogen) atoms. The molecule has 0 saturated carbocycles. The number of hydrogen-bond acceptors (Lipinski definition) is 3. The van der Waals surface area contributed by atoms with Gasteiger partial charge >= 0.3 is 0 Å². The molecule has 1 aromatic rings. The predicted octanol–water partition coefficient (Wildman–Crippen LogP) is 3.24. The molecule has 2 rings (SSSR count). The van der Waals surface area contributed by atoms with Crippen molar-refractivity contribution in [2.45, 2.75) is 46.1 Å². The van der Waals surface area contributed by atoms with Crippen molar-refractivity contribution in [2.75, 3.05) is 31.1 Å². The van der Waals surface area contributed by atoms with Crippen LogP contribution in [0.25, 0.3) is 0 Å². The number of nitrogens with zero attached hydrogens (tertiary/aromatic N) is 4. The lowest BCUT2D eigenvalue weighted by atomic mass is 10.2. The van der Waals surface area contributed by atoms with E-state index in [0.717, 1.165) is 32.0 Å². The van der Waals surface area contributed by atoms with E-state index in [1.165, 1.54) is 31.2 Å². The van der Waals surface area contributed by atoms with Crippen molar-refractivity contribution in [3.8, 4) is 0 Å². The smallest absolute Gasteiger partial charge is 0.191 e. The van der Waals surface area contributed by atoms with Gasteiger partial charge in [-0.05, 0) is 44.4 Å². The summed E-state index contributed by atoms with van der Waals surface area (Å²) in [5.41, 5.74) is 7.21. The Balaban J connectivity index is 0.00000264. The number of hydrogen-bond donors (Lipinski definition) is 1. The number of guanidine groups is 1. The summed E-state index contributed by atoms with van der Waals surface area (Å²) in [6.45, 7) is 8.81. The Kier molecular flexibility index (Phi) is 9.28. The largest absolute Gasteiger partial charge is 0.370 e. The summed E-state index contributed by atoms with van der Waals surface area (Å²) >= 11 is 0. The molecule has 1 saturated heterocycles. The zero-order chi connectivity index (χ0) is 15.8. The highest BCUT2D eigenvalue weighted by molar-refractivity contribution is 14.0. The van der Waals surface area contributed by atoms with E-state index < -0.39 is 0 Å². The number of anilines is 1. The van der Waals surface area contributed by atoms with Crippen LogP contribution in [-0.2, 0) is 6.54 Å². The molecule has 1 fully saturated rings. The number of halogens is 1. The summed E-state index contributed by atoms with van der Waals surface area (Å²) in [6.07, 6.45) is 7.08. The van der Waals surface area contributed by atoms with Gasteiger partial charge in [0.15, 0.2) is 5.96 Å². The topological polar surface area (TPSA) is 57.8 Å². The van der Waals surface area contributed by atoms with Crippen molar-refractivity contribution >= 4 is 35.8 Å². The standard InChI is InChI=1S/C17H29N5.HI/c1-3-21(4-2)17(18)20-14-15-9-10-19-16(13-15)22-11-7-5-6-8-12-22;/h9-10,13H,3-8,11-12,14H2,1-2H3,(H2,18,20);1H. The molecule has 0 unspecified atom stereocenters. The van der Waals surface area contributed by atoms with Crippen LogP contribution in [0.1, 0.15) is 45.1 Å². The first-order valence-corrected chi connectivity index (χ1v) is 8.49. The van der Waals surface area contributed by atoms with Crippen molar-refractivity contribution in [1.29, 1.82) is 0 Å². The van der Waals surface area contributed by atoms with Crippen molar-refractivity contribution < 1.29 is 0 Å². The minimum absolute atomic E-state index is 0. The van der Waals surface area contributed by atoms with Crippen LogP contribution in [0.4, 0.5) is 5.82 Å². The normalized spacial score (nSPS) is 15.7. The second kappa shape index (κ2) is 10.7. The van der Waals surface area contributed by atoms with Crippen LogP contribution < -0.4 is 10.6 Å². The maximum atomic E-state index is 6.04. The molecule has 6 heteroatoms. The third-order valence-corrected chi connectivity index (χ3v) is 4.25. The van der Waals surface area contributed by atoms with Gasteiger partial charge in [-0.3, -0.25) is 0 Å². The lowest BCUT2D eigenvalue weighted by molar-refractivity contribution is 0.458. The monoisotopic (exact) mass is 431 g/mol. The van der Waals surface area contributed by atoms with Crippen molar-refractivity contribution in [2.24, 2.45) is 10.7 Å². The van der Waals surface area contributed by atoms with Crippen LogP contribution in [0, 0.1) is 0 Å². The number of nitrogens with two attached hydrogens (primary N) is 1. The number of pyridine rings is 1. The van der Waals surface area contributed by atoms with Gasteiger partial charge in [0.1, 0.15) is 5.82 Å². The number of rotatable bonds is 5. The van der Waals surface area contributed by atoms with E-state index in [1.807, 2.05) is 12.3 Å². The van der Waals surface area contributed by atoms with Crippen molar-refractivity contribution in [1.82, 2.24) is 9.88 Å². The third kappa shape index (κ3) is 6.16. The third-order valence-electron chi connectivity index (χ3n) is 4.25. The van der Waals surface area contributed by atoms with Crippen LogP contribution in [0.5, 0.6) is 0 Å². The molecule has 0 amide bonds. The quantitative estimate of drug-likeness (QED) is 0.442. The maximum absolute atomic E-state index is 6.04. The predicted molar refractivity (Wildman–Crippen MR) is 109 cm³/mol. The Hall–Kier alpha value is -1.05. The minimum atomic E-state index is 0. The minimum Gasteiger partial charge on any atom is -0.370 e. The van der Waals surface area contributed by atoms with Gasteiger partial charge in [0.25, 0.3) is 0 Å². The highest BCUT2D eigenvalue weighted by Crippen LogP contribution is 2.18. The molecule has 5 nitrogen and oxygen atoms in total. The zero-order valence-electron chi connectivity index (χ0n) is 14.4. The second-order valence-electron chi connectivity index (χ2n) is 5.77. The fourth-order valence-electron chi connectivity index (χ4n) is 2.85. The number of aliphatic imine (C=N–C) groups is 1. The second-order valence-corrected chi connectivity index (χ2v) is 5.77. The maximum Gasteiger partial charge on any atom is 0.191 e. The zero-order valence-corrected chi connectivity index (χ0v) is 16.7. The van der Waals surface area contributed by atoms with Gasteiger partial charge in [-0.15, -0.1) is 24.0 Å². The molecule has 0 radical (unpaired) electrons. The van der Waals surface area contributed by atoms with E-state index in [9.17, 15) is 0 Å². The van der Waals surface area contributed by atoms with Crippen LogP contribution >= 0.6 is 24.0 Å². The Morgan fingerprint density at radius 2 is 1.87 bits per heavy atom. The first-order chi connectivity index (χ1) is 10.7. The van der Waals surface area contributed by atoms with E-state index in [4.69, 9.17) is 5.73 Å². The molecule has 0 aromatic carbocycles. The van der Waals surface area contributed by atoms with Gasteiger partial charge in [0, 0.05) is 32.4 Å². The van der Waals surface area contributed by atoms with Gasteiger partial charge < -0.3 is 15.5 Å². The Morgan fingerprint density at radius 1 is 1.22 bits per heavy atom. The molecule has 1 aromatic heterocycles. The molecule has 2 N–H and O–H groups in total. The Labute approximate surface area is 157 Å². The molecule has 130 valence electrons. The van der Waals surface area contributed by atoms with Crippen LogP contribution in [0.15, 0.2) is 23.3 Å². The SMILES string of the molecule is CCN(CC)C(N)=NCc1ccnc(N2CCCCCC2)c1.I. The lowest BCUT2D eigenvalue weighted by Crippen LogP contribution is -2.37. The first-order valence-electron chi connectivity index (χ1n) is 8.49. The fraction of sp³-hybridized carbons (Fsp3) is 0.647. The lowest BCUT2D eigenvalue weighted by Gasteiger charge is -2.22. The summed E-state index contributed by atoms with van der Waals surface area (Å²) < 4.78 is 0. The highest BCUT2D eigenvalue weighted by atomic mass is 127. The molecule has 0 atom stereocenters. The molecule has 2 heterocycles. The van der Waals surface area contributed by atoms with Crippen LogP contribution in [0.3, 0.4) is 0 Å². The van der Waals surface area contributed by atoms with Crippen molar-refractivity contribution in [3.05, 3.63) is 23.9 Å². The van der Waals surface area contributed by atoms with Gasteiger partial charge in [0.2, 0.25) is 0 Å². The molecule has 0 aliphatic carbocycles. The van der Waals surface area contributed by atoms with E-state index in [-0.39, 0.29) is 24.0 Å². The summed E-state index contributed by atoms with van der Waals surface area (Å²) in [5, 5.41) is 0. The summed E-state index contributed by atoms with van der Waals surface area (Å²) in [5.74, 6) is 1.70.